The number of rotatable bonds is 5. The highest BCUT2D eigenvalue weighted by Gasteiger charge is 2.23. The molecular weight excluding hydrogens is 272 g/mol. The van der Waals surface area contributed by atoms with E-state index in [9.17, 15) is 14.4 Å². The summed E-state index contributed by atoms with van der Waals surface area (Å²) in [5.74, 6) is 0.00607. The molecule has 1 aliphatic heterocycles. The molecule has 1 fully saturated rings. The number of Topliss-reactive ketones (excluding diaryl/α,β-unsaturated/α-hetero) is 1. The minimum absolute atomic E-state index is 0.0354. The number of nitrogens with one attached hydrogen (secondary N) is 1. The summed E-state index contributed by atoms with van der Waals surface area (Å²) in [6.07, 6.45) is 0. The molecule has 1 heterocycles. The molecule has 1 aromatic rings. The van der Waals surface area contributed by atoms with Crippen LogP contribution in [0, 0.1) is 0 Å². The fourth-order valence-corrected chi connectivity index (χ4v) is 2.27. The molecule has 1 saturated heterocycles. The van der Waals surface area contributed by atoms with E-state index in [1.54, 1.807) is 23.1 Å². The lowest BCUT2D eigenvalue weighted by molar-refractivity contribution is -0.136. The summed E-state index contributed by atoms with van der Waals surface area (Å²) in [6.45, 7) is 4.57. The molecular formula is C15H18N2O4. The molecule has 1 aromatic carbocycles. The first-order valence-electron chi connectivity index (χ1n) is 6.81. The number of carbonyl (C=O) groups excluding carboxylic acids is 3. The van der Waals surface area contributed by atoms with Gasteiger partial charge in [0.2, 0.25) is 11.8 Å². The lowest BCUT2D eigenvalue weighted by atomic mass is 10.1. The maximum absolute atomic E-state index is 11.5. The predicted octanol–water partition coefficient (Wildman–Crippen LogP) is 0.746. The van der Waals surface area contributed by atoms with Crippen LogP contribution in [0.25, 0.3) is 0 Å². The summed E-state index contributed by atoms with van der Waals surface area (Å²) >= 11 is 0. The van der Waals surface area contributed by atoms with Gasteiger partial charge in [0.25, 0.3) is 0 Å². The zero-order valence-electron chi connectivity index (χ0n) is 12.1. The van der Waals surface area contributed by atoms with Crippen LogP contribution in [0.5, 0.6) is 5.75 Å². The first kappa shape index (κ1) is 15.2. The number of hydrogen-bond donors (Lipinski definition) is 1. The molecule has 6 heteroatoms. The van der Waals surface area contributed by atoms with Crippen LogP contribution in [-0.4, -0.2) is 42.2 Å². The van der Waals surface area contributed by atoms with E-state index in [4.69, 9.17) is 4.74 Å². The third-order valence-corrected chi connectivity index (χ3v) is 3.17. The highest BCUT2D eigenvalue weighted by molar-refractivity contribution is 5.99. The summed E-state index contributed by atoms with van der Waals surface area (Å²) in [6, 6.07) is 5.22. The fraction of sp³-hybridized carbons (Fsp3) is 0.400. The second-order valence-electron chi connectivity index (χ2n) is 4.93. The molecule has 2 amide bonds. The number of amides is 2. The highest BCUT2D eigenvalue weighted by atomic mass is 16.5. The number of ketones is 1. The molecule has 2 rings (SSSR count). The maximum Gasteiger partial charge on any atom is 0.240 e. The molecule has 0 atom stereocenters. The number of benzene rings is 1. The summed E-state index contributed by atoms with van der Waals surface area (Å²) in [5, 5.41) is 2.26. The molecule has 0 aromatic heterocycles. The van der Waals surface area contributed by atoms with Crippen molar-refractivity contribution in [2.45, 2.75) is 20.4 Å². The Balaban J connectivity index is 2.23. The topological polar surface area (TPSA) is 75.7 Å². The molecule has 112 valence electrons. The van der Waals surface area contributed by atoms with Gasteiger partial charge >= 0.3 is 0 Å². The van der Waals surface area contributed by atoms with E-state index < -0.39 is 0 Å². The Morgan fingerprint density at radius 3 is 2.52 bits per heavy atom. The quantitative estimate of drug-likeness (QED) is 0.639. The smallest absolute Gasteiger partial charge is 0.240 e. The van der Waals surface area contributed by atoms with Gasteiger partial charge < -0.3 is 4.74 Å². The molecule has 0 aliphatic carbocycles. The number of nitrogens with zero attached hydrogens (tertiary/aromatic N) is 1. The zero-order chi connectivity index (χ0) is 15.4. The Kier molecular flexibility index (Phi) is 4.70. The van der Waals surface area contributed by atoms with Gasteiger partial charge in [0.15, 0.2) is 5.78 Å². The second kappa shape index (κ2) is 6.49. The number of ether oxygens (including phenoxy) is 1. The third-order valence-electron chi connectivity index (χ3n) is 3.17. The van der Waals surface area contributed by atoms with E-state index in [0.717, 1.165) is 5.56 Å². The van der Waals surface area contributed by atoms with Gasteiger partial charge in [-0.15, -0.1) is 0 Å². The standard InChI is InChI=1S/C15H18N2O4/c1-3-21-13-5-4-11(10(2)18)6-12(13)7-17-8-14(19)16-15(20)9-17/h4-6H,3,7-9H2,1-2H3,(H,16,19,20). The largest absolute Gasteiger partial charge is 0.494 e. The summed E-state index contributed by atoms with van der Waals surface area (Å²) in [7, 11) is 0. The van der Waals surface area contributed by atoms with Gasteiger partial charge in [0.05, 0.1) is 19.7 Å². The summed E-state index contributed by atoms with van der Waals surface area (Å²) < 4.78 is 5.54. The number of carbonyl (C=O) groups is 3. The summed E-state index contributed by atoms with van der Waals surface area (Å²) in [4.78, 5) is 36.0. The van der Waals surface area contributed by atoms with Crippen molar-refractivity contribution in [3.05, 3.63) is 29.3 Å². The lowest BCUT2D eigenvalue weighted by Crippen LogP contribution is -2.50. The van der Waals surface area contributed by atoms with Gasteiger partial charge in [-0.2, -0.15) is 0 Å². The van der Waals surface area contributed by atoms with Crippen LogP contribution in [0.3, 0.4) is 0 Å². The lowest BCUT2D eigenvalue weighted by Gasteiger charge is -2.26. The second-order valence-corrected chi connectivity index (χ2v) is 4.93. The van der Waals surface area contributed by atoms with Crippen LogP contribution in [0.4, 0.5) is 0 Å². The van der Waals surface area contributed by atoms with Crippen molar-refractivity contribution in [1.82, 2.24) is 10.2 Å². The van der Waals surface area contributed by atoms with Crippen molar-refractivity contribution < 1.29 is 19.1 Å². The first-order chi connectivity index (χ1) is 9.99. The number of hydrogen-bond acceptors (Lipinski definition) is 5. The van der Waals surface area contributed by atoms with Gasteiger partial charge in [-0.3, -0.25) is 24.6 Å². The van der Waals surface area contributed by atoms with Crippen molar-refractivity contribution in [1.29, 1.82) is 0 Å². The Morgan fingerprint density at radius 1 is 1.29 bits per heavy atom. The molecule has 0 spiro atoms. The minimum atomic E-state index is -0.313. The maximum atomic E-state index is 11.5. The van der Waals surface area contributed by atoms with Crippen LogP contribution in [0.1, 0.15) is 29.8 Å². The van der Waals surface area contributed by atoms with Crippen LogP contribution in [0.2, 0.25) is 0 Å². The van der Waals surface area contributed by atoms with Crippen LogP contribution in [0.15, 0.2) is 18.2 Å². The van der Waals surface area contributed by atoms with E-state index in [-0.39, 0.29) is 30.7 Å². The predicted molar refractivity (Wildman–Crippen MR) is 76.0 cm³/mol. The number of piperazine rings is 1. The van der Waals surface area contributed by atoms with Gasteiger partial charge in [-0.05, 0) is 32.0 Å². The molecule has 0 radical (unpaired) electrons. The molecule has 1 N–H and O–H groups in total. The Bertz CT molecular complexity index is 567. The van der Waals surface area contributed by atoms with E-state index >= 15 is 0 Å². The fourth-order valence-electron chi connectivity index (χ4n) is 2.27. The van der Waals surface area contributed by atoms with Crippen molar-refractivity contribution in [2.75, 3.05) is 19.7 Å². The molecule has 0 bridgehead atoms. The van der Waals surface area contributed by atoms with E-state index in [0.29, 0.717) is 24.5 Å². The first-order valence-corrected chi connectivity index (χ1v) is 6.81. The molecule has 1 aliphatic rings. The number of imide groups is 1. The molecule has 21 heavy (non-hydrogen) atoms. The van der Waals surface area contributed by atoms with Gasteiger partial charge in [0.1, 0.15) is 5.75 Å². The van der Waals surface area contributed by atoms with Gasteiger partial charge in [-0.1, -0.05) is 0 Å². The normalized spacial score (nSPS) is 15.7. The van der Waals surface area contributed by atoms with Crippen molar-refractivity contribution in [3.8, 4) is 5.75 Å². The monoisotopic (exact) mass is 290 g/mol. The molecule has 6 nitrogen and oxygen atoms in total. The highest BCUT2D eigenvalue weighted by Crippen LogP contribution is 2.22. The van der Waals surface area contributed by atoms with Crippen LogP contribution >= 0.6 is 0 Å². The van der Waals surface area contributed by atoms with E-state index in [2.05, 4.69) is 5.32 Å². The molecule has 0 saturated carbocycles. The van der Waals surface area contributed by atoms with E-state index in [1.807, 2.05) is 6.92 Å². The van der Waals surface area contributed by atoms with Crippen molar-refractivity contribution in [2.24, 2.45) is 0 Å². The third kappa shape index (κ3) is 3.88. The average Bonchev–Trinajstić information content (AvgIpc) is 2.39. The average molecular weight is 290 g/mol. The minimum Gasteiger partial charge on any atom is -0.494 e. The molecule has 0 unspecified atom stereocenters. The zero-order valence-corrected chi connectivity index (χ0v) is 12.1. The Morgan fingerprint density at radius 2 is 1.95 bits per heavy atom. The van der Waals surface area contributed by atoms with Gasteiger partial charge in [0, 0.05) is 17.7 Å². The van der Waals surface area contributed by atoms with Crippen molar-refractivity contribution in [3.63, 3.8) is 0 Å². The Labute approximate surface area is 123 Å². The van der Waals surface area contributed by atoms with Crippen molar-refractivity contribution >= 4 is 17.6 Å². The SMILES string of the molecule is CCOc1ccc(C(C)=O)cc1CN1CC(=O)NC(=O)C1. The van der Waals surface area contributed by atoms with Crippen LogP contribution < -0.4 is 10.1 Å². The summed E-state index contributed by atoms with van der Waals surface area (Å²) in [5.41, 5.74) is 1.38. The van der Waals surface area contributed by atoms with E-state index in [1.165, 1.54) is 6.92 Å². The van der Waals surface area contributed by atoms with Crippen LogP contribution in [-0.2, 0) is 16.1 Å². The van der Waals surface area contributed by atoms with Gasteiger partial charge in [-0.25, -0.2) is 0 Å². The Hall–Kier alpha value is -2.21.